The molecule has 2 aliphatic rings. The predicted molar refractivity (Wildman–Crippen MR) is 51.9 cm³/mol. The third-order valence-electron chi connectivity index (χ3n) is 2.57. The summed E-state index contributed by atoms with van der Waals surface area (Å²) < 4.78 is 5.74. The Balaban J connectivity index is 1.98. The number of fused-ring (bicyclic) bond motifs is 1. The molecule has 66 valence electrons. The van der Waals surface area contributed by atoms with E-state index in [-0.39, 0.29) is 0 Å². The van der Waals surface area contributed by atoms with Gasteiger partial charge >= 0.3 is 0 Å². The Hall–Kier alpha value is -1.44. The first-order valence-electron chi connectivity index (χ1n) is 4.65. The van der Waals surface area contributed by atoms with Crippen LogP contribution in [-0.4, -0.2) is 6.54 Å². The molecule has 0 atom stereocenters. The zero-order chi connectivity index (χ0) is 8.67. The molecule has 13 heavy (non-hydrogen) atoms. The van der Waals surface area contributed by atoms with Crippen molar-refractivity contribution in [1.29, 1.82) is 0 Å². The maximum atomic E-state index is 5.74. The van der Waals surface area contributed by atoms with Crippen molar-refractivity contribution in [2.45, 2.75) is 12.3 Å². The molecule has 1 aromatic rings. The molecule has 0 unspecified atom stereocenters. The van der Waals surface area contributed by atoms with Gasteiger partial charge in [0, 0.05) is 19.0 Å². The Bertz CT molecular complexity index is 353. The number of hydrogen-bond acceptors (Lipinski definition) is 2. The number of hydrogen-bond donors (Lipinski definition) is 1. The van der Waals surface area contributed by atoms with Gasteiger partial charge in [-0.05, 0) is 0 Å². The molecule has 2 heteroatoms. The Morgan fingerprint density at radius 3 is 2.92 bits per heavy atom. The molecule has 2 nitrogen and oxygen atoms in total. The van der Waals surface area contributed by atoms with Gasteiger partial charge in [-0.1, -0.05) is 24.3 Å². The van der Waals surface area contributed by atoms with Gasteiger partial charge < -0.3 is 9.73 Å². The molecule has 0 spiro atoms. The van der Waals surface area contributed by atoms with Gasteiger partial charge in [0.2, 0.25) is 0 Å². The smallest absolute Gasteiger partial charge is 0.129 e. The monoisotopic (exact) mass is 173 g/mol. The van der Waals surface area contributed by atoms with Gasteiger partial charge in [0.05, 0.1) is 11.6 Å². The molecule has 0 radical (unpaired) electrons. The summed E-state index contributed by atoms with van der Waals surface area (Å²) >= 11 is 0. The number of nitrogens with one attached hydrogen (secondary N) is 1. The highest BCUT2D eigenvalue weighted by molar-refractivity contribution is 5.54. The van der Waals surface area contributed by atoms with Crippen LogP contribution in [-0.2, 0) is 6.42 Å². The van der Waals surface area contributed by atoms with Crippen LogP contribution in [0.1, 0.15) is 17.4 Å². The molecule has 0 saturated heterocycles. The standard InChI is InChI=1S/C11H11NO/c1-2-4-8(3-1)11-7-9-10(13-11)5-6-12-9/h1-4,7-8,12H,5-6H2. The molecular weight excluding hydrogens is 162 g/mol. The summed E-state index contributed by atoms with van der Waals surface area (Å²) in [5.41, 5.74) is 1.18. The highest BCUT2D eigenvalue weighted by Gasteiger charge is 2.19. The molecule has 2 heterocycles. The molecule has 0 bridgehead atoms. The summed E-state index contributed by atoms with van der Waals surface area (Å²) in [4.78, 5) is 0. The molecule has 1 aliphatic heterocycles. The maximum Gasteiger partial charge on any atom is 0.129 e. The number of furan rings is 1. The highest BCUT2D eigenvalue weighted by Crippen LogP contribution is 2.32. The Morgan fingerprint density at radius 2 is 2.15 bits per heavy atom. The minimum atomic E-state index is 0.354. The first kappa shape index (κ1) is 7.01. The Labute approximate surface area is 76.9 Å². The largest absolute Gasteiger partial charge is 0.463 e. The van der Waals surface area contributed by atoms with E-state index in [2.05, 4.69) is 35.7 Å². The van der Waals surface area contributed by atoms with Crippen molar-refractivity contribution in [1.82, 2.24) is 0 Å². The van der Waals surface area contributed by atoms with E-state index in [0.717, 1.165) is 24.5 Å². The summed E-state index contributed by atoms with van der Waals surface area (Å²) in [5, 5.41) is 3.30. The van der Waals surface area contributed by atoms with Gasteiger partial charge in [-0.15, -0.1) is 0 Å². The van der Waals surface area contributed by atoms with E-state index >= 15 is 0 Å². The van der Waals surface area contributed by atoms with E-state index in [1.165, 1.54) is 5.69 Å². The molecule has 1 N–H and O–H groups in total. The van der Waals surface area contributed by atoms with E-state index in [9.17, 15) is 0 Å². The number of allylic oxidation sites excluding steroid dienone is 4. The fraction of sp³-hybridized carbons (Fsp3) is 0.273. The minimum Gasteiger partial charge on any atom is -0.463 e. The van der Waals surface area contributed by atoms with Crippen molar-refractivity contribution in [3.05, 3.63) is 41.9 Å². The van der Waals surface area contributed by atoms with Gasteiger partial charge in [0.1, 0.15) is 11.5 Å². The van der Waals surface area contributed by atoms with Crippen LogP contribution >= 0.6 is 0 Å². The van der Waals surface area contributed by atoms with Crippen LogP contribution in [0.25, 0.3) is 0 Å². The quantitative estimate of drug-likeness (QED) is 0.705. The van der Waals surface area contributed by atoms with Crippen LogP contribution in [0.2, 0.25) is 0 Å². The first-order valence-corrected chi connectivity index (χ1v) is 4.65. The van der Waals surface area contributed by atoms with Crippen LogP contribution in [0.3, 0.4) is 0 Å². The van der Waals surface area contributed by atoms with Crippen molar-refractivity contribution in [3.63, 3.8) is 0 Å². The maximum absolute atomic E-state index is 5.74. The first-order chi connectivity index (χ1) is 6.43. The van der Waals surface area contributed by atoms with Crippen LogP contribution in [0.4, 0.5) is 5.69 Å². The second-order valence-electron chi connectivity index (χ2n) is 3.46. The van der Waals surface area contributed by atoms with E-state index in [1.807, 2.05) is 0 Å². The summed E-state index contributed by atoms with van der Waals surface area (Å²) in [6.45, 7) is 1.02. The topological polar surface area (TPSA) is 25.2 Å². The van der Waals surface area contributed by atoms with Gasteiger partial charge in [0.15, 0.2) is 0 Å². The summed E-state index contributed by atoms with van der Waals surface area (Å²) in [6.07, 6.45) is 9.44. The lowest BCUT2D eigenvalue weighted by molar-refractivity contribution is 0.474. The third-order valence-corrected chi connectivity index (χ3v) is 2.57. The third kappa shape index (κ3) is 1.02. The lowest BCUT2D eigenvalue weighted by Gasteiger charge is -1.99. The summed E-state index contributed by atoms with van der Waals surface area (Å²) in [7, 11) is 0. The molecule has 1 aromatic heterocycles. The van der Waals surface area contributed by atoms with Gasteiger partial charge in [-0.3, -0.25) is 0 Å². The summed E-state index contributed by atoms with van der Waals surface area (Å²) in [6, 6.07) is 2.12. The minimum absolute atomic E-state index is 0.354. The average molecular weight is 173 g/mol. The number of rotatable bonds is 1. The van der Waals surface area contributed by atoms with Crippen molar-refractivity contribution in [2.75, 3.05) is 11.9 Å². The highest BCUT2D eigenvalue weighted by atomic mass is 16.3. The average Bonchev–Trinajstić information content (AvgIpc) is 2.78. The molecule has 3 rings (SSSR count). The van der Waals surface area contributed by atoms with Gasteiger partial charge in [-0.2, -0.15) is 0 Å². The molecule has 0 amide bonds. The van der Waals surface area contributed by atoms with Crippen molar-refractivity contribution in [3.8, 4) is 0 Å². The van der Waals surface area contributed by atoms with Crippen LogP contribution in [0.5, 0.6) is 0 Å². The predicted octanol–water partition coefficient (Wildman–Crippen LogP) is 2.46. The number of anilines is 1. The molecule has 1 aliphatic carbocycles. The molecule has 0 aromatic carbocycles. The SMILES string of the molecule is C1=CC(c2cc3c(o2)CCN3)C=C1. The normalized spacial score (nSPS) is 19.4. The van der Waals surface area contributed by atoms with Crippen LogP contribution in [0.15, 0.2) is 34.8 Å². The van der Waals surface area contributed by atoms with Crippen molar-refractivity contribution in [2.24, 2.45) is 0 Å². The summed E-state index contributed by atoms with van der Waals surface area (Å²) in [5.74, 6) is 2.53. The lowest BCUT2D eigenvalue weighted by atomic mass is 10.1. The lowest BCUT2D eigenvalue weighted by Crippen LogP contribution is -1.93. The van der Waals surface area contributed by atoms with E-state index < -0.39 is 0 Å². The Kier molecular flexibility index (Phi) is 1.36. The van der Waals surface area contributed by atoms with Gasteiger partial charge in [-0.25, -0.2) is 0 Å². The molecule has 0 fully saturated rings. The second-order valence-corrected chi connectivity index (χ2v) is 3.46. The van der Waals surface area contributed by atoms with Crippen molar-refractivity contribution >= 4 is 5.69 Å². The zero-order valence-electron chi connectivity index (χ0n) is 7.29. The zero-order valence-corrected chi connectivity index (χ0v) is 7.29. The van der Waals surface area contributed by atoms with Crippen molar-refractivity contribution < 1.29 is 4.42 Å². The fourth-order valence-corrected chi connectivity index (χ4v) is 1.88. The second kappa shape index (κ2) is 2.52. The molecular formula is C11H11NO. The Morgan fingerprint density at radius 1 is 1.31 bits per heavy atom. The molecule has 0 saturated carbocycles. The van der Waals surface area contributed by atoms with E-state index in [0.29, 0.717) is 5.92 Å². The van der Waals surface area contributed by atoms with Crippen LogP contribution < -0.4 is 5.32 Å². The van der Waals surface area contributed by atoms with E-state index in [4.69, 9.17) is 4.42 Å². The van der Waals surface area contributed by atoms with Gasteiger partial charge in [0.25, 0.3) is 0 Å². The van der Waals surface area contributed by atoms with Crippen LogP contribution in [0, 0.1) is 0 Å². The fourth-order valence-electron chi connectivity index (χ4n) is 1.88. The van der Waals surface area contributed by atoms with E-state index in [1.54, 1.807) is 0 Å².